The molecule has 0 aliphatic carbocycles. The standard InChI is InChI=1S/C15H13NO2/c1-18-13-7-6-11-12(16)8-9-4-2-3-5-10(9)14(11)15(13)17/h2-8,17H,16H2,1H3. The highest BCUT2D eigenvalue weighted by Gasteiger charge is 2.12. The van der Waals surface area contributed by atoms with Gasteiger partial charge in [-0.05, 0) is 29.0 Å². The largest absolute Gasteiger partial charge is 0.504 e. The number of aromatic hydroxyl groups is 1. The smallest absolute Gasteiger partial charge is 0.166 e. The molecule has 0 saturated heterocycles. The molecule has 3 N–H and O–H groups in total. The van der Waals surface area contributed by atoms with Crippen LogP contribution >= 0.6 is 0 Å². The quantitative estimate of drug-likeness (QED) is 0.506. The number of ether oxygens (including phenoxy) is 1. The number of hydrogen-bond acceptors (Lipinski definition) is 3. The Hall–Kier alpha value is -2.42. The maximum absolute atomic E-state index is 10.3. The Kier molecular flexibility index (Phi) is 2.27. The SMILES string of the molecule is COc1ccc2c(N)cc3ccccc3c2c1O. The number of methoxy groups -OCH3 is 1. The van der Waals surface area contributed by atoms with Crippen LogP contribution in [-0.4, -0.2) is 12.2 Å². The molecule has 0 aliphatic rings. The summed E-state index contributed by atoms with van der Waals surface area (Å²) in [6.45, 7) is 0. The van der Waals surface area contributed by atoms with Crippen LogP contribution in [0, 0.1) is 0 Å². The normalized spacial score (nSPS) is 10.9. The fourth-order valence-corrected chi connectivity index (χ4v) is 2.35. The van der Waals surface area contributed by atoms with Gasteiger partial charge >= 0.3 is 0 Å². The van der Waals surface area contributed by atoms with Crippen molar-refractivity contribution in [1.82, 2.24) is 0 Å². The summed E-state index contributed by atoms with van der Waals surface area (Å²) in [5.74, 6) is 0.594. The summed E-state index contributed by atoms with van der Waals surface area (Å²) >= 11 is 0. The first kappa shape index (κ1) is 10.7. The molecule has 3 nitrogen and oxygen atoms in total. The Labute approximate surface area is 104 Å². The lowest BCUT2D eigenvalue weighted by Crippen LogP contribution is -1.91. The lowest BCUT2D eigenvalue weighted by Gasteiger charge is -2.11. The molecule has 90 valence electrons. The van der Waals surface area contributed by atoms with E-state index in [-0.39, 0.29) is 5.75 Å². The Morgan fingerprint density at radius 1 is 1.06 bits per heavy atom. The lowest BCUT2D eigenvalue weighted by atomic mass is 9.99. The van der Waals surface area contributed by atoms with Gasteiger partial charge in [0.2, 0.25) is 0 Å². The van der Waals surface area contributed by atoms with Crippen LogP contribution in [0.1, 0.15) is 0 Å². The fraction of sp³-hybridized carbons (Fsp3) is 0.0667. The maximum atomic E-state index is 10.3. The first-order valence-electron chi connectivity index (χ1n) is 5.69. The van der Waals surface area contributed by atoms with E-state index >= 15 is 0 Å². The summed E-state index contributed by atoms with van der Waals surface area (Å²) in [7, 11) is 1.54. The molecule has 3 heteroatoms. The van der Waals surface area contributed by atoms with Crippen LogP contribution in [0.15, 0.2) is 42.5 Å². The number of phenols is 1. The molecule has 0 bridgehead atoms. The van der Waals surface area contributed by atoms with E-state index in [0.717, 1.165) is 21.5 Å². The molecule has 3 aromatic carbocycles. The molecule has 3 aromatic rings. The average molecular weight is 239 g/mol. The summed E-state index contributed by atoms with van der Waals surface area (Å²) in [4.78, 5) is 0. The zero-order valence-electron chi connectivity index (χ0n) is 9.97. The van der Waals surface area contributed by atoms with Crippen LogP contribution in [0.2, 0.25) is 0 Å². The second-order valence-electron chi connectivity index (χ2n) is 4.23. The van der Waals surface area contributed by atoms with Crippen LogP contribution in [-0.2, 0) is 0 Å². The molecule has 0 radical (unpaired) electrons. The molecule has 3 rings (SSSR count). The minimum atomic E-state index is 0.138. The van der Waals surface area contributed by atoms with Crippen molar-refractivity contribution in [2.45, 2.75) is 0 Å². The van der Waals surface area contributed by atoms with Crippen molar-refractivity contribution in [3.8, 4) is 11.5 Å². The van der Waals surface area contributed by atoms with Crippen molar-refractivity contribution >= 4 is 27.2 Å². The van der Waals surface area contributed by atoms with Gasteiger partial charge in [-0.25, -0.2) is 0 Å². The van der Waals surface area contributed by atoms with Crippen molar-refractivity contribution < 1.29 is 9.84 Å². The number of nitrogens with two attached hydrogens (primary N) is 1. The van der Waals surface area contributed by atoms with Crippen molar-refractivity contribution in [2.75, 3.05) is 12.8 Å². The number of anilines is 1. The second-order valence-corrected chi connectivity index (χ2v) is 4.23. The Balaban J connectivity index is 2.59. The first-order valence-corrected chi connectivity index (χ1v) is 5.69. The summed E-state index contributed by atoms with van der Waals surface area (Å²) in [6, 6.07) is 13.4. The van der Waals surface area contributed by atoms with E-state index in [9.17, 15) is 5.11 Å². The third-order valence-corrected chi connectivity index (χ3v) is 3.21. The third-order valence-electron chi connectivity index (χ3n) is 3.21. The molecule has 0 aliphatic heterocycles. The molecule has 0 fully saturated rings. The van der Waals surface area contributed by atoms with E-state index < -0.39 is 0 Å². The highest BCUT2D eigenvalue weighted by atomic mass is 16.5. The molecule has 0 atom stereocenters. The van der Waals surface area contributed by atoms with Gasteiger partial charge in [0.1, 0.15) is 0 Å². The zero-order chi connectivity index (χ0) is 12.7. The first-order chi connectivity index (χ1) is 8.72. The highest BCUT2D eigenvalue weighted by Crippen LogP contribution is 2.41. The minimum Gasteiger partial charge on any atom is -0.504 e. The van der Waals surface area contributed by atoms with Crippen molar-refractivity contribution in [1.29, 1.82) is 0 Å². The van der Waals surface area contributed by atoms with Gasteiger partial charge in [-0.1, -0.05) is 24.3 Å². The number of benzene rings is 3. The maximum Gasteiger partial charge on any atom is 0.166 e. The third kappa shape index (κ3) is 1.37. The molecular weight excluding hydrogens is 226 g/mol. The monoisotopic (exact) mass is 239 g/mol. The molecular formula is C15H13NO2. The summed E-state index contributed by atoms with van der Waals surface area (Å²) in [5.41, 5.74) is 6.69. The number of phenolic OH excluding ortho intramolecular Hbond substituents is 1. The molecule has 0 amide bonds. The number of hydrogen-bond donors (Lipinski definition) is 2. The van der Waals surface area contributed by atoms with E-state index in [2.05, 4.69) is 0 Å². The van der Waals surface area contributed by atoms with Gasteiger partial charge in [0, 0.05) is 16.5 Å². The van der Waals surface area contributed by atoms with Crippen LogP contribution in [0.3, 0.4) is 0 Å². The van der Waals surface area contributed by atoms with E-state index in [0.29, 0.717) is 11.4 Å². The van der Waals surface area contributed by atoms with Gasteiger partial charge in [-0.3, -0.25) is 0 Å². The Morgan fingerprint density at radius 3 is 2.61 bits per heavy atom. The molecule has 0 unspecified atom stereocenters. The average Bonchev–Trinajstić information content (AvgIpc) is 2.39. The lowest BCUT2D eigenvalue weighted by molar-refractivity contribution is 0.376. The van der Waals surface area contributed by atoms with Crippen LogP contribution in [0.5, 0.6) is 11.5 Å². The van der Waals surface area contributed by atoms with Gasteiger partial charge in [0.25, 0.3) is 0 Å². The van der Waals surface area contributed by atoms with Gasteiger partial charge in [0.15, 0.2) is 11.5 Å². The predicted molar refractivity (Wildman–Crippen MR) is 74.1 cm³/mol. The van der Waals surface area contributed by atoms with Crippen LogP contribution in [0.4, 0.5) is 5.69 Å². The van der Waals surface area contributed by atoms with Crippen molar-refractivity contribution in [2.24, 2.45) is 0 Å². The van der Waals surface area contributed by atoms with Gasteiger partial charge in [-0.15, -0.1) is 0 Å². The molecule has 0 saturated carbocycles. The molecule has 0 heterocycles. The fourth-order valence-electron chi connectivity index (χ4n) is 2.35. The second kappa shape index (κ2) is 3.81. The van der Waals surface area contributed by atoms with Crippen molar-refractivity contribution in [3.05, 3.63) is 42.5 Å². The van der Waals surface area contributed by atoms with Gasteiger partial charge in [0.05, 0.1) is 7.11 Å². The number of rotatable bonds is 1. The highest BCUT2D eigenvalue weighted by molar-refractivity contribution is 6.15. The zero-order valence-corrected chi connectivity index (χ0v) is 9.97. The summed E-state index contributed by atoms with van der Waals surface area (Å²) in [6.07, 6.45) is 0. The van der Waals surface area contributed by atoms with Gasteiger partial charge < -0.3 is 15.6 Å². The van der Waals surface area contributed by atoms with E-state index in [4.69, 9.17) is 10.5 Å². The van der Waals surface area contributed by atoms with Gasteiger partial charge in [-0.2, -0.15) is 0 Å². The Bertz CT molecular complexity index is 750. The van der Waals surface area contributed by atoms with E-state index in [1.54, 1.807) is 6.07 Å². The predicted octanol–water partition coefficient (Wildman–Crippen LogP) is 3.29. The molecule has 18 heavy (non-hydrogen) atoms. The molecule has 0 spiro atoms. The molecule has 0 aromatic heterocycles. The number of fused-ring (bicyclic) bond motifs is 3. The van der Waals surface area contributed by atoms with Crippen molar-refractivity contribution in [3.63, 3.8) is 0 Å². The van der Waals surface area contributed by atoms with Crippen LogP contribution in [0.25, 0.3) is 21.5 Å². The van der Waals surface area contributed by atoms with E-state index in [1.165, 1.54) is 7.11 Å². The summed E-state index contributed by atoms with van der Waals surface area (Å²) in [5, 5.41) is 13.8. The minimum absolute atomic E-state index is 0.138. The number of nitrogen functional groups attached to an aromatic ring is 1. The van der Waals surface area contributed by atoms with Crippen LogP contribution < -0.4 is 10.5 Å². The topological polar surface area (TPSA) is 55.5 Å². The summed E-state index contributed by atoms with van der Waals surface area (Å²) < 4.78 is 5.15. The van der Waals surface area contributed by atoms with E-state index in [1.807, 2.05) is 36.4 Å². The Morgan fingerprint density at radius 2 is 1.83 bits per heavy atom.